The first-order valence-electron chi connectivity index (χ1n) is 9.86. The minimum absolute atomic E-state index is 0.267. The number of halogens is 1. The average Bonchev–Trinajstić information content (AvgIpc) is 3.13. The smallest absolute Gasteiger partial charge is 0.129 e. The van der Waals surface area contributed by atoms with Crippen molar-refractivity contribution < 1.29 is 9.13 Å². The number of aromatic nitrogens is 1. The molecule has 0 spiro atoms. The van der Waals surface area contributed by atoms with Crippen LogP contribution in [0.1, 0.15) is 30.4 Å². The minimum atomic E-state index is -0.267. The van der Waals surface area contributed by atoms with Crippen molar-refractivity contribution >= 4 is 23.4 Å². The lowest BCUT2D eigenvalue weighted by molar-refractivity contribution is 0.412. The van der Waals surface area contributed by atoms with Gasteiger partial charge in [0.05, 0.1) is 7.11 Å². The van der Waals surface area contributed by atoms with Gasteiger partial charge in [0.25, 0.3) is 0 Å². The molecule has 0 fully saturated rings. The van der Waals surface area contributed by atoms with E-state index in [0.29, 0.717) is 11.3 Å². The Morgan fingerprint density at radius 1 is 1.07 bits per heavy atom. The Labute approximate surface area is 170 Å². The molecule has 2 aromatic carbocycles. The van der Waals surface area contributed by atoms with Crippen LogP contribution in [0.4, 0.5) is 10.1 Å². The van der Waals surface area contributed by atoms with Gasteiger partial charge in [0.1, 0.15) is 11.6 Å². The fourth-order valence-electron chi connectivity index (χ4n) is 3.80. The van der Waals surface area contributed by atoms with E-state index in [1.807, 2.05) is 30.5 Å². The number of benzene rings is 2. The number of hydrogen-bond acceptors (Lipinski definition) is 2. The molecule has 29 heavy (non-hydrogen) atoms. The first kappa shape index (κ1) is 19.1. The number of nitrogens with two attached hydrogens (primary N) is 1. The van der Waals surface area contributed by atoms with E-state index in [9.17, 15) is 4.39 Å². The lowest BCUT2D eigenvalue weighted by atomic mass is 9.99. The van der Waals surface area contributed by atoms with Crippen LogP contribution in [0, 0.1) is 12.7 Å². The Bertz CT molecular complexity index is 1200. The lowest BCUT2D eigenvalue weighted by Gasteiger charge is -2.10. The van der Waals surface area contributed by atoms with Gasteiger partial charge >= 0.3 is 0 Å². The summed E-state index contributed by atoms with van der Waals surface area (Å²) in [4.78, 5) is 3.40. The third kappa shape index (κ3) is 3.83. The topological polar surface area (TPSA) is 51.0 Å². The summed E-state index contributed by atoms with van der Waals surface area (Å²) in [6.07, 6.45) is 11.7. The molecule has 0 bridgehead atoms. The van der Waals surface area contributed by atoms with Gasteiger partial charge in [-0.3, -0.25) is 0 Å². The number of fused-ring (bicyclic) bond motifs is 1. The number of nitrogens with one attached hydrogen (secondary N) is 1. The van der Waals surface area contributed by atoms with E-state index in [0.717, 1.165) is 57.8 Å². The molecule has 3 nitrogen and oxygen atoms in total. The Morgan fingerprint density at radius 2 is 1.90 bits per heavy atom. The molecule has 0 saturated heterocycles. The van der Waals surface area contributed by atoms with Crippen LogP contribution in [0.15, 0.2) is 48.7 Å². The van der Waals surface area contributed by atoms with Crippen molar-refractivity contribution in [3.8, 4) is 16.9 Å². The highest BCUT2D eigenvalue weighted by Gasteiger charge is 2.14. The summed E-state index contributed by atoms with van der Waals surface area (Å²) in [7, 11) is 1.57. The number of hydrogen-bond donors (Lipinski definition) is 2. The highest BCUT2D eigenvalue weighted by molar-refractivity contribution is 5.91. The quantitative estimate of drug-likeness (QED) is 0.647. The number of allylic oxidation sites excluding steroid dienone is 2. The van der Waals surface area contributed by atoms with Crippen LogP contribution in [0.2, 0.25) is 0 Å². The molecule has 4 rings (SSSR count). The molecule has 4 heteroatoms. The van der Waals surface area contributed by atoms with Gasteiger partial charge in [-0.2, -0.15) is 0 Å². The predicted molar refractivity (Wildman–Crippen MR) is 118 cm³/mol. The molecule has 0 aliphatic heterocycles. The zero-order valence-corrected chi connectivity index (χ0v) is 16.8. The summed E-state index contributed by atoms with van der Waals surface area (Å²) in [5, 5.41) is 2.14. The SMILES string of the molecule is COc1cc(F)c(C)cc1-c1c[nH]c2/c1=C/C(c1cccc(N)c1)=C\CCC\C=2. The number of ether oxygens (including phenoxy) is 1. The first-order valence-corrected chi connectivity index (χ1v) is 9.86. The van der Waals surface area contributed by atoms with Gasteiger partial charge in [0, 0.05) is 39.6 Å². The zero-order chi connectivity index (χ0) is 20.4. The molecular formula is C25H25FN2O. The lowest BCUT2D eigenvalue weighted by Crippen LogP contribution is -2.24. The maximum Gasteiger partial charge on any atom is 0.129 e. The highest BCUT2D eigenvalue weighted by Crippen LogP contribution is 2.30. The van der Waals surface area contributed by atoms with Crippen molar-refractivity contribution in [2.24, 2.45) is 0 Å². The number of nitrogen functional groups attached to an aromatic ring is 1. The summed E-state index contributed by atoms with van der Waals surface area (Å²) in [6, 6.07) is 11.3. The molecule has 1 aromatic heterocycles. The Morgan fingerprint density at radius 3 is 2.69 bits per heavy atom. The Kier molecular flexibility index (Phi) is 5.26. The number of methoxy groups -OCH3 is 1. The molecule has 1 aliphatic rings. The number of aryl methyl sites for hydroxylation is 1. The van der Waals surface area contributed by atoms with Gasteiger partial charge in [-0.05, 0) is 67.2 Å². The Balaban J connectivity index is 1.98. The number of aromatic amines is 1. The maximum atomic E-state index is 14.1. The fourth-order valence-corrected chi connectivity index (χ4v) is 3.80. The third-order valence-electron chi connectivity index (χ3n) is 5.36. The van der Waals surface area contributed by atoms with E-state index >= 15 is 0 Å². The van der Waals surface area contributed by atoms with Gasteiger partial charge < -0.3 is 15.5 Å². The van der Waals surface area contributed by atoms with Crippen LogP contribution in [0.3, 0.4) is 0 Å². The number of H-pyrrole nitrogens is 1. The molecule has 1 aliphatic carbocycles. The molecule has 0 saturated carbocycles. The van der Waals surface area contributed by atoms with Gasteiger partial charge in [0.2, 0.25) is 0 Å². The maximum absolute atomic E-state index is 14.1. The molecule has 0 amide bonds. The second kappa shape index (κ2) is 8.00. The first-order chi connectivity index (χ1) is 14.1. The molecular weight excluding hydrogens is 363 g/mol. The van der Waals surface area contributed by atoms with Crippen LogP contribution in [-0.2, 0) is 0 Å². The predicted octanol–water partition coefficient (Wildman–Crippen LogP) is 4.55. The second-order valence-electron chi connectivity index (χ2n) is 7.40. The summed E-state index contributed by atoms with van der Waals surface area (Å²) in [5.74, 6) is 0.259. The van der Waals surface area contributed by atoms with E-state index in [1.165, 1.54) is 6.07 Å². The van der Waals surface area contributed by atoms with Crippen LogP contribution < -0.4 is 21.0 Å². The third-order valence-corrected chi connectivity index (χ3v) is 5.36. The van der Waals surface area contributed by atoms with Gasteiger partial charge in [0.15, 0.2) is 0 Å². The van der Waals surface area contributed by atoms with E-state index in [-0.39, 0.29) is 5.82 Å². The molecule has 1 heterocycles. The monoisotopic (exact) mass is 388 g/mol. The van der Waals surface area contributed by atoms with Crippen LogP contribution in [0.25, 0.3) is 28.9 Å². The van der Waals surface area contributed by atoms with Gasteiger partial charge in [-0.25, -0.2) is 4.39 Å². The summed E-state index contributed by atoms with van der Waals surface area (Å²) in [5.41, 5.74) is 11.5. The van der Waals surface area contributed by atoms with Crippen molar-refractivity contribution in [2.45, 2.75) is 26.2 Å². The molecule has 3 N–H and O–H groups in total. The van der Waals surface area contributed by atoms with Crippen LogP contribution in [-0.4, -0.2) is 12.1 Å². The number of anilines is 1. The molecule has 0 atom stereocenters. The van der Waals surface area contributed by atoms with Crippen LogP contribution >= 0.6 is 0 Å². The van der Waals surface area contributed by atoms with E-state index in [1.54, 1.807) is 14.0 Å². The van der Waals surface area contributed by atoms with Gasteiger partial charge in [-0.1, -0.05) is 24.3 Å². The normalized spacial score (nSPS) is 18.0. The summed E-state index contributed by atoms with van der Waals surface area (Å²) in [6.45, 7) is 1.77. The molecule has 0 unspecified atom stereocenters. The van der Waals surface area contributed by atoms with E-state index in [4.69, 9.17) is 10.5 Å². The number of rotatable bonds is 3. The largest absolute Gasteiger partial charge is 0.496 e. The summed E-state index contributed by atoms with van der Waals surface area (Å²) < 4.78 is 19.6. The summed E-state index contributed by atoms with van der Waals surface area (Å²) >= 11 is 0. The highest BCUT2D eigenvalue weighted by atomic mass is 19.1. The van der Waals surface area contributed by atoms with Crippen molar-refractivity contribution in [3.63, 3.8) is 0 Å². The minimum Gasteiger partial charge on any atom is -0.496 e. The van der Waals surface area contributed by atoms with Crippen LogP contribution in [0.5, 0.6) is 5.75 Å². The standard InChI is InChI=1S/C25H25FN2O/c1-16-11-21(25(29-2)14-23(16)26)22-15-28-24-10-5-3-4-7-18(13-20(22)24)17-8-6-9-19(27)12-17/h6-15,28H,3-5,27H2,1-2H3/b18-7+,20-13+,24-10+. The second-order valence-corrected chi connectivity index (χ2v) is 7.40. The zero-order valence-electron chi connectivity index (χ0n) is 16.8. The Hall–Kier alpha value is -3.27. The fraction of sp³-hybridized carbons (Fsp3) is 0.200. The van der Waals surface area contributed by atoms with E-state index in [2.05, 4.69) is 29.3 Å². The van der Waals surface area contributed by atoms with Crippen molar-refractivity contribution in [3.05, 3.63) is 76.2 Å². The average molecular weight is 388 g/mol. The van der Waals surface area contributed by atoms with Crippen molar-refractivity contribution in [1.82, 2.24) is 4.98 Å². The van der Waals surface area contributed by atoms with Crippen molar-refractivity contribution in [1.29, 1.82) is 0 Å². The van der Waals surface area contributed by atoms with Gasteiger partial charge in [-0.15, -0.1) is 0 Å². The molecule has 3 aromatic rings. The van der Waals surface area contributed by atoms with Crippen molar-refractivity contribution in [2.75, 3.05) is 12.8 Å². The molecule has 0 radical (unpaired) electrons. The molecule has 148 valence electrons. The van der Waals surface area contributed by atoms with E-state index < -0.39 is 0 Å².